The van der Waals surface area contributed by atoms with E-state index < -0.39 is 21.5 Å². The van der Waals surface area contributed by atoms with Crippen LogP contribution in [0.4, 0.5) is 26.1 Å². The number of ether oxygens (including phenoxy) is 2. The molecule has 36 heavy (non-hydrogen) atoms. The quantitative estimate of drug-likeness (QED) is 0.467. The molecule has 0 spiro atoms. The van der Waals surface area contributed by atoms with Crippen LogP contribution in [0, 0.1) is 23.5 Å². The van der Waals surface area contributed by atoms with Gasteiger partial charge in [0.25, 0.3) is 5.88 Å². The zero-order valence-electron chi connectivity index (χ0n) is 19.1. The van der Waals surface area contributed by atoms with Crippen LogP contribution in [0.5, 0.6) is 5.88 Å². The van der Waals surface area contributed by atoms with E-state index in [2.05, 4.69) is 41.1 Å². The average Bonchev–Trinajstić information content (AvgIpc) is 2.82. The first kappa shape index (κ1) is 24.8. The van der Waals surface area contributed by atoms with Gasteiger partial charge in [0.1, 0.15) is 11.9 Å². The maximum Gasteiger partial charge on any atom is 0.252 e. The number of hydrogen-bond donors (Lipinski definition) is 1. The standard InChI is InChI=1S/C23H22BrF2N5O4S/c1-36(32,33)16-2-3-18(17(25)6-16)30-19-4-5-27-22(20(19)26)35-21-13-9-31(10-14(21)12-34-11-13)23-28-7-15(24)8-29-23/h2-8,13-14,21H,9-12H2,1H3,(H,27,30). The predicted molar refractivity (Wildman–Crippen MR) is 131 cm³/mol. The maximum atomic E-state index is 15.3. The second-order valence-corrected chi connectivity index (χ2v) is 11.7. The summed E-state index contributed by atoms with van der Waals surface area (Å²) in [6.07, 6.45) is 5.38. The molecular formula is C23H22BrF2N5O4S. The fraction of sp³-hybridized carbons (Fsp3) is 0.348. The van der Waals surface area contributed by atoms with Crippen LogP contribution < -0.4 is 15.0 Å². The molecule has 2 saturated heterocycles. The molecule has 2 aromatic heterocycles. The molecule has 2 aliphatic rings. The summed E-state index contributed by atoms with van der Waals surface area (Å²) in [6, 6.07) is 4.73. The number of pyridine rings is 1. The van der Waals surface area contributed by atoms with Crippen molar-refractivity contribution in [1.82, 2.24) is 15.0 Å². The molecule has 9 nitrogen and oxygen atoms in total. The van der Waals surface area contributed by atoms with Crippen molar-refractivity contribution in [3.63, 3.8) is 0 Å². The predicted octanol–water partition coefficient (Wildman–Crippen LogP) is 3.59. The van der Waals surface area contributed by atoms with Gasteiger partial charge in [0, 0.05) is 49.8 Å². The minimum absolute atomic E-state index is 0.0480. The SMILES string of the molecule is CS(=O)(=O)c1ccc(Nc2ccnc(OC3C4COCC3CN(c3ncc(Br)cn3)C4)c2F)c(F)c1. The molecule has 0 aliphatic carbocycles. The number of aromatic nitrogens is 3. The molecule has 0 radical (unpaired) electrons. The van der Waals surface area contributed by atoms with E-state index in [4.69, 9.17) is 9.47 Å². The number of hydrogen-bond acceptors (Lipinski definition) is 9. The Balaban J connectivity index is 1.33. The molecule has 1 aromatic carbocycles. The fourth-order valence-corrected chi connectivity index (χ4v) is 5.27. The number of sulfone groups is 1. The molecule has 13 heteroatoms. The molecule has 2 aliphatic heterocycles. The Labute approximate surface area is 214 Å². The monoisotopic (exact) mass is 581 g/mol. The van der Waals surface area contributed by atoms with Crippen molar-refractivity contribution in [3.05, 3.63) is 59.0 Å². The van der Waals surface area contributed by atoms with E-state index in [1.807, 2.05) is 0 Å². The first-order valence-electron chi connectivity index (χ1n) is 11.1. The molecule has 2 bridgehead atoms. The largest absolute Gasteiger partial charge is 0.471 e. The van der Waals surface area contributed by atoms with Gasteiger partial charge in [-0.05, 0) is 40.2 Å². The van der Waals surface area contributed by atoms with Crippen molar-refractivity contribution < 1.29 is 26.7 Å². The van der Waals surface area contributed by atoms with Gasteiger partial charge in [-0.1, -0.05) is 0 Å². The number of piperidine rings is 1. The normalized spacial score (nSPS) is 21.8. The number of benzene rings is 1. The smallest absolute Gasteiger partial charge is 0.252 e. The van der Waals surface area contributed by atoms with Crippen LogP contribution in [0.2, 0.25) is 0 Å². The van der Waals surface area contributed by atoms with Gasteiger partial charge in [-0.15, -0.1) is 0 Å². The molecule has 0 amide bonds. The second-order valence-electron chi connectivity index (χ2n) is 8.76. The van der Waals surface area contributed by atoms with Gasteiger partial charge in [0.05, 0.1) is 34.0 Å². The summed E-state index contributed by atoms with van der Waals surface area (Å²) < 4.78 is 65.7. The van der Waals surface area contributed by atoms with Gasteiger partial charge in [-0.25, -0.2) is 27.8 Å². The Kier molecular flexibility index (Phi) is 6.79. The topological polar surface area (TPSA) is 107 Å². The van der Waals surface area contributed by atoms with Gasteiger partial charge < -0.3 is 19.7 Å². The number of anilines is 3. The van der Waals surface area contributed by atoms with Crippen LogP contribution in [0.3, 0.4) is 0 Å². The third-order valence-corrected chi connectivity index (χ3v) is 7.66. The molecule has 4 heterocycles. The zero-order valence-corrected chi connectivity index (χ0v) is 21.5. The van der Waals surface area contributed by atoms with Gasteiger partial charge in [-0.2, -0.15) is 4.39 Å². The van der Waals surface area contributed by atoms with Crippen molar-refractivity contribution in [2.45, 2.75) is 11.0 Å². The summed E-state index contributed by atoms with van der Waals surface area (Å²) in [7, 11) is -3.57. The Morgan fingerprint density at radius 1 is 1.08 bits per heavy atom. The lowest BCUT2D eigenvalue weighted by Gasteiger charge is -2.46. The number of rotatable bonds is 6. The molecule has 1 N–H and O–H groups in total. The molecule has 3 aromatic rings. The second kappa shape index (κ2) is 9.87. The van der Waals surface area contributed by atoms with Crippen LogP contribution in [0.15, 0.2) is 52.2 Å². The van der Waals surface area contributed by atoms with E-state index in [9.17, 15) is 12.8 Å². The summed E-state index contributed by atoms with van der Waals surface area (Å²) in [6.45, 7) is 2.01. The van der Waals surface area contributed by atoms with Crippen LogP contribution in [-0.2, 0) is 14.6 Å². The van der Waals surface area contributed by atoms with Crippen molar-refractivity contribution in [1.29, 1.82) is 0 Å². The molecule has 0 saturated carbocycles. The summed E-state index contributed by atoms with van der Waals surface area (Å²) in [5.41, 5.74) is -0.125. The minimum atomic E-state index is -3.57. The summed E-state index contributed by atoms with van der Waals surface area (Å²) in [5, 5.41) is 2.66. The highest BCUT2D eigenvalue weighted by Crippen LogP contribution is 2.35. The Morgan fingerprint density at radius 2 is 1.78 bits per heavy atom. The minimum Gasteiger partial charge on any atom is -0.471 e. The van der Waals surface area contributed by atoms with E-state index in [-0.39, 0.29) is 40.1 Å². The average molecular weight is 582 g/mol. The number of nitrogens with one attached hydrogen (secondary N) is 1. The van der Waals surface area contributed by atoms with E-state index >= 15 is 4.39 Å². The molecule has 5 rings (SSSR count). The third-order valence-electron chi connectivity index (χ3n) is 6.14. The summed E-state index contributed by atoms with van der Waals surface area (Å²) >= 11 is 3.34. The van der Waals surface area contributed by atoms with Crippen LogP contribution in [-0.4, -0.2) is 62.0 Å². The molecule has 2 atom stereocenters. The molecule has 2 fully saturated rings. The molecular weight excluding hydrogens is 560 g/mol. The van der Waals surface area contributed by atoms with Crippen molar-refractivity contribution in [2.75, 3.05) is 42.8 Å². The lowest BCUT2D eigenvalue weighted by Crippen LogP contribution is -2.58. The van der Waals surface area contributed by atoms with Crippen LogP contribution in [0.1, 0.15) is 0 Å². The van der Waals surface area contributed by atoms with Crippen LogP contribution in [0.25, 0.3) is 0 Å². The lowest BCUT2D eigenvalue weighted by molar-refractivity contribution is -0.0780. The van der Waals surface area contributed by atoms with Crippen molar-refractivity contribution >= 4 is 43.1 Å². The maximum absolute atomic E-state index is 15.3. The summed E-state index contributed by atoms with van der Waals surface area (Å²) in [4.78, 5) is 14.7. The molecule has 190 valence electrons. The fourth-order valence-electron chi connectivity index (χ4n) is 4.43. The van der Waals surface area contributed by atoms with E-state index in [0.717, 1.165) is 16.8 Å². The molecule has 2 unspecified atom stereocenters. The Hall–Kier alpha value is -2.90. The van der Waals surface area contributed by atoms with E-state index in [1.165, 1.54) is 24.4 Å². The Bertz CT molecular complexity index is 1370. The third kappa shape index (κ3) is 5.13. The lowest BCUT2D eigenvalue weighted by atomic mass is 9.84. The highest BCUT2D eigenvalue weighted by molar-refractivity contribution is 9.10. The van der Waals surface area contributed by atoms with Crippen molar-refractivity contribution in [2.24, 2.45) is 11.8 Å². The van der Waals surface area contributed by atoms with Gasteiger partial charge in [0.15, 0.2) is 9.84 Å². The zero-order chi connectivity index (χ0) is 25.4. The first-order valence-corrected chi connectivity index (χ1v) is 13.8. The van der Waals surface area contributed by atoms with Gasteiger partial charge in [0.2, 0.25) is 11.8 Å². The van der Waals surface area contributed by atoms with E-state index in [1.54, 1.807) is 12.4 Å². The van der Waals surface area contributed by atoms with Gasteiger partial charge in [-0.3, -0.25) is 0 Å². The number of halogens is 3. The van der Waals surface area contributed by atoms with Crippen LogP contribution >= 0.6 is 15.9 Å². The number of nitrogens with zero attached hydrogens (tertiary/aromatic N) is 4. The highest BCUT2D eigenvalue weighted by Gasteiger charge is 2.43. The highest BCUT2D eigenvalue weighted by atomic mass is 79.9. The Morgan fingerprint density at radius 3 is 2.42 bits per heavy atom. The van der Waals surface area contributed by atoms with E-state index in [0.29, 0.717) is 32.3 Å². The number of fused-ring (bicyclic) bond motifs is 2. The summed E-state index contributed by atoms with van der Waals surface area (Å²) in [5.74, 6) is -1.34. The van der Waals surface area contributed by atoms with Gasteiger partial charge >= 0.3 is 0 Å². The first-order chi connectivity index (χ1) is 17.2. The van der Waals surface area contributed by atoms with Crippen molar-refractivity contribution in [3.8, 4) is 5.88 Å².